The lowest BCUT2D eigenvalue weighted by molar-refractivity contribution is -0.143. The molecule has 1 atom stereocenters. The zero-order chi connectivity index (χ0) is 23.7. The summed E-state index contributed by atoms with van der Waals surface area (Å²) in [7, 11) is 0. The average Bonchev–Trinajstić information content (AvgIpc) is 2.77. The van der Waals surface area contributed by atoms with Crippen LogP contribution in [0.4, 0.5) is 0 Å². The molecule has 6 heteroatoms. The first-order chi connectivity index (χ1) is 15.2. The Kier molecular flexibility index (Phi) is 10.2. The van der Waals surface area contributed by atoms with Crippen molar-refractivity contribution in [3.8, 4) is 5.75 Å². The van der Waals surface area contributed by atoms with Crippen LogP contribution in [0.5, 0.6) is 5.75 Å². The van der Waals surface area contributed by atoms with E-state index >= 15 is 0 Å². The lowest BCUT2D eigenvalue weighted by Crippen LogP contribution is -2.50. The van der Waals surface area contributed by atoms with E-state index in [4.69, 9.17) is 4.74 Å². The highest BCUT2D eigenvalue weighted by molar-refractivity contribution is 9.10. The number of halogens is 1. The largest absolute Gasteiger partial charge is 0.483 e. The number of hydrogen-bond acceptors (Lipinski definition) is 3. The number of carbonyl (C=O) groups is 2. The summed E-state index contributed by atoms with van der Waals surface area (Å²) in [6, 6.07) is 15.1. The van der Waals surface area contributed by atoms with Crippen molar-refractivity contribution >= 4 is 27.7 Å². The molecule has 0 heterocycles. The Morgan fingerprint density at radius 2 is 1.75 bits per heavy atom. The third kappa shape index (κ3) is 7.66. The van der Waals surface area contributed by atoms with Gasteiger partial charge < -0.3 is 15.0 Å². The van der Waals surface area contributed by atoms with Crippen molar-refractivity contribution in [3.05, 3.63) is 64.1 Å². The normalized spacial score (nSPS) is 12.0. The third-order valence-corrected chi connectivity index (χ3v) is 5.86. The summed E-state index contributed by atoms with van der Waals surface area (Å²) in [4.78, 5) is 27.8. The molecule has 2 aromatic carbocycles. The number of benzene rings is 2. The molecule has 5 nitrogen and oxygen atoms in total. The number of hydrogen-bond donors (Lipinski definition) is 1. The maximum absolute atomic E-state index is 13.3. The van der Waals surface area contributed by atoms with Gasteiger partial charge in [0.15, 0.2) is 6.61 Å². The Hall–Kier alpha value is -2.34. The third-order valence-electron chi connectivity index (χ3n) is 5.24. The lowest BCUT2D eigenvalue weighted by atomic mass is 10.0. The van der Waals surface area contributed by atoms with E-state index in [2.05, 4.69) is 35.1 Å². The zero-order valence-corrected chi connectivity index (χ0v) is 21.3. The number of nitrogens with one attached hydrogen (secondary N) is 1. The maximum atomic E-state index is 13.3. The molecule has 0 saturated heterocycles. The van der Waals surface area contributed by atoms with Crippen molar-refractivity contribution in [1.82, 2.24) is 10.2 Å². The molecule has 0 spiro atoms. The van der Waals surface area contributed by atoms with Gasteiger partial charge in [0.05, 0.1) is 4.47 Å². The molecule has 1 N–H and O–H groups in total. The molecule has 0 unspecified atom stereocenters. The van der Waals surface area contributed by atoms with Gasteiger partial charge in [0.1, 0.15) is 11.8 Å². The molecule has 2 aromatic rings. The van der Waals surface area contributed by atoms with E-state index in [0.29, 0.717) is 37.1 Å². The molecule has 0 bridgehead atoms. The predicted octanol–water partition coefficient (Wildman–Crippen LogP) is 5.53. The number of carbonyl (C=O) groups excluding carboxylic acids is 2. The predicted molar refractivity (Wildman–Crippen MR) is 133 cm³/mol. The van der Waals surface area contributed by atoms with E-state index in [1.54, 1.807) is 4.90 Å². The minimum atomic E-state index is -0.559. The highest BCUT2D eigenvalue weighted by Crippen LogP contribution is 2.29. The number of ether oxygens (including phenoxy) is 1. The van der Waals surface area contributed by atoms with Gasteiger partial charge in [0, 0.05) is 13.1 Å². The summed E-state index contributed by atoms with van der Waals surface area (Å²) < 4.78 is 6.67. The summed E-state index contributed by atoms with van der Waals surface area (Å²) in [5, 5.41) is 2.97. The molecular weight excluding hydrogens is 468 g/mol. The molecule has 2 rings (SSSR count). The highest BCUT2D eigenvalue weighted by Gasteiger charge is 2.29. The Labute approximate surface area is 200 Å². The van der Waals surface area contributed by atoms with Crippen LogP contribution in [0.1, 0.15) is 58.1 Å². The first kappa shape index (κ1) is 25.9. The van der Waals surface area contributed by atoms with E-state index in [1.807, 2.05) is 69.3 Å². The average molecular weight is 503 g/mol. The van der Waals surface area contributed by atoms with E-state index < -0.39 is 6.04 Å². The van der Waals surface area contributed by atoms with Crippen LogP contribution >= 0.6 is 15.9 Å². The molecule has 32 heavy (non-hydrogen) atoms. The molecule has 174 valence electrons. The Morgan fingerprint density at radius 1 is 1.06 bits per heavy atom. The van der Waals surface area contributed by atoms with Crippen molar-refractivity contribution in [2.75, 3.05) is 13.2 Å². The van der Waals surface area contributed by atoms with Crippen LogP contribution in [0.2, 0.25) is 0 Å². The number of amides is 2. The summed E-state index contributed by atoms with van der Waals surface area (Å²) in [6.45, 7) is 11.1. The molecule has 2 amide bonds. The second kappa shape index (κ2) is 12.6. The van der Waals surface area contributed by atoms with E-state index in [9.17, 15) is 9.59 Å². The fourth-order valence-corrected chi connectivity index (χ4v) is 3.85. The van der Waals surface area contributed by atoms with Crippen molar-refractivity contribution in [1.29, 1.82) is 0 Å². The van der Waals surface area contributed by atoms with Crippen LogP contribution in [0.3, 0.4) is 0 Å². The summed E-state index contributed by atoms with van der Waals surface area (Å²) in [5.41, 5.74) is 2.16. The number of rotatable bonds is 11. The van der Waals surface area contributed by atoms with Crippen LogP contribution in [0.25, 0.3) is 0 Å². The van der Waals surface area contributed by atoms with Gasteiger partial charge in [-0.1, -0.05) is 71.0 Å². The molecule has 0 aliphatic carbocycles. The van der Waals surface area contributed by atoms with Crippen LogP contribution in [-0.2, 0) is 16.1 Å². The van der Waals surface area contributed by atoms with Gasteiger partial charge in [0.25, 0.3) is 5.91 Å². The molecule has 0 aliphatic rings. The molecule has 0 saturated carbocycles. The van der Waals surface area contributed by atoms with Gasteiger partial charge in [-0.25, -0.2) is 0 Å². The fraction of sp³-hybridized carbons (Fsp3) is 0.462. The summed E-state index contributed by atoms with van der Waals surface area (Å²) in [6.07, 6.45) is 0.523. The smallest absolute Gasteiger partial charge is 0.261 e. The van der Waals surface area contributed by atoms with Crippen molar-refractivity contribution in [2.45, 2.75) is 59.5 Å². The van der Waals surface area contributed by atoms with Crippen molar-refractivity contribution in [2.24, 2.45) is 5.92 Å². The SMILES string of the molecule is CC[C@H](C(=O)NCC(C)C)N(Cc1ccccc1)C(=O)COc1ccc(C(C)C)cc1Br. The maximum Gasteiger partial charge on any atom is 0.261 e. The first-order valence-corrected chi connectivity index (χ1v) is 12.1. The van der Waals surface area contributed by atoms with Crippen molar-refractivity contribution < 1.29 is 14.3 Å². The fourth-order valence-electron chi connectivity index (χ4n) is 3.34. The van der Waals surface area contributed by atoms with Crippen LogP contribution < -0.4 is 10.1 Å². The topological polar surface area (TPSA) is 58.6 Å². The quantitative estimate of drug-likeness (QED) is 0.439. The van der Waals surface area contributed by atoms with Gasteiger partial charge in [-0.05, 0) is 57.4 Å². The van der Waals surface area contributed by atoms with E-state index in [-0.39, 0.29) is 18.4 Å². The summed E-state index contributed by atoms with van der Waals surface area (Å²) >= 11 is 3.54. The number of nitrogens with zero attached hydrogens (tertiary/aromatic N) is 1. The van der Waals surface area contributed by atoms with Crippen LogP contribution in [0.15, 0.2) is 53.0 Å². The standard InChI is InChI=1S/C26H35BrN2O3/c1-6-23(26(31)28-15-18(2)3)29(16-20-10-8-7-9-11-20)25(30)17-32-24-13-12-21(19(4)5)14-22(24)27/h7-14,18-19,23H,6,15-17H2,1-5H3,(H,28,31)/t23-/m1/s1. The van der Waals surface area contributed by atoms with Gasteiger partial charge in [0.2, 0.25) is 5.91 Å². The molecule has 0 radical (unpaired) electrons. The highest BCUT2D eigenvalue weighted by atomic mass is 79.9. The molecule has 0 aromatic heterocycles. The Morgan fingerprint density at radius 3 is 2.31 bits per heavy atom. The second-order valence-electron chi connectivity index (χ2n) is 8.70. The zero-order valence-electron chi connectivity index (χ0n) is 19.7. The van der Waals surface area contributed by atoms with Gasteiger partial charge in [-0.15, -0.1) is 0 Å². The van der Waals surface area contributed by atoms with Crippen LogP contribution in [-0.4, -0.2) is 35.9 Å². The second-order valence-corrected chi connectivity index (χ2v) is 9.56. The lowest BCUT2D eigenvalue weighted by Gasteiger charge is -2.31. The first-order valence-electron chi connectivity index (χ1n) is 11.3. The molecule has 0 aliphatic heterocycles. The Balaban J connectivity index is 2.18. The molecular formula is C26H35BrN2O3. The molecule has 0 fully saturated rings. The van der Waals surface area contributed by atoms with Gasteiger partial charge >= 0.3 is 0 Å². The van der Waals surface area contributed by atoms with Crippen molar-refractivity contribution in [3.63, 3.8) is 0 Å². The van der Waals surface area contributed by atoms with E-state index in [0.717, 1.165) is 10.0 Å². The Bertz CT molecular complexity index is 884. The van der Waals surface area contributed by atoms with E-state index in [1.165, 1.54) is 5.56 Å². The minimum absolute atomic E-state index is 0.132. The monoisotopic (exact) mass is 502 g/mol. The summed E-state index contributed by atoms with van der Waals surface area (Å²) in [5.74, 6) is 0.995. The van der Waals surface area contributed by atoms with Crippen LogP contribution in [0, 0.1) is 5.92 Å². The van der Waals surface area contributed by atoms with Gasteiger partial charge in [-0.2, -0.15) is 0 Å². The van der Waals surface area contributed by atoms with Gasteiger partial charge in [-0.3, -0.25) is 9.59 Å². The minimum Gasteiger partial charge on any atom is -0.483 e.